The van der Waals surface area contributed by atoms with Crippen molar-refractivity contribution in [3.63, 3.8) is 0 Å². The second-order valence-corrected chi connectivity index (χ2v) is 6.08. The third kappa shape index (κ3) is 4.57. The summed E-state index contributed by atoms with van der Waals surface area (Å²) in [5.41, 5.74) is 1.23. The predicted octanol–water partition coefficient (Wildman–Crippen LogP) is 2.46. The molecule has 2 aromatic rings. The molecule has 0 aliphatic carbocycles. The van der Waals surface area contributed by atoms with Crippen LogP contribution in [0.5, 0.6) is 11.5 Å². The number of nitrogens with one attached hydrogen (secondary N) is 1. The molecule has 7 nitrogen and oxygen atoms in total. The minimum atomic E-state index is -0.612. The van der Waals surface area contributed by atoms with Gasteiger partial charge in [0.05, 0.1) is 12.2 Å². The highest BCUT2D eigenvalue weighted by Crippen LogP contribution is 2.36. The van der Waals surface area contributed by atoms with Crippen molar-refractivity contribution >= 4 is 23.2 Å². The van der Waals surface area contributed by atoms with Gasteiger partial charge < -0.3 is 24.4 Å². The lowest BCUT2D eigenvalue weighted by molar-refractivity contribution is -0.125. The zero-order valence-corrected chi connectivity index (χ0v) is 15.3. The Morgan fingerprint density at radius 3 is 2.74 bits per heavy atom. The van der Waals surface area contributed by atoms with Crippen LogP contribution >= 0.6 is 0 Å². The number of nitrogens with zero attached hydrogens (tertiary/aromatic N) is 1. The maximum Gasteiger partial charge on any atom is 0.267 e. The quantitative estimate of drug-likeness (QED) is 0.810. The number of rotatable bonds is 7. The molecule has 1 aliphatic rings. The lowest BCUT2D eigenvalue weighted by Crippen LogP contribution is -2.46. The summed E-state index contributed by atoms with van der Waals surface area (Å²) >= 11 is 0. The zero-order chi connectivity index (χ0) is 19.2. The maximum absolute atomic E-state index is 12.5. The third-order valence-corrected chi connectivity index (χ3v) is 4.05. The van der Waals surface area contributed by atoms with Crippen molar-refractivity contribution in [1.29, 1.82) is 0 Å². The molecular weight excluding hydrogens is 348 g/mol. The Bertz CT molecular complexity index is 809. The van der Waals surface area contributed by atoms with E-state index < -0.39 is 6.10 Å². The van der Waals surface area contributed by atoms with Crippen molar-refractivity contribution in [2.24, 2.45) is 0 Å². The molecule has 2 amide bonds. The molecule has 1 aliphatic heterocycles. The number of amides is 2. The Balaban J connectivity index is 1.71. The Kier molecular flexibility index (Phi) is 5.93. The monoisotopic (exact) mass is 370 g/mol. The average molecular weight is 370 g/mol. The van der Waals surface area contributed by atoms with Crippen molar-refractivity contribution in [1.82, 2.24) is 0 Å². The molecule has 1 heterocycles. The fourth-order valence-electron chi connectivity index (χ4n) is 2.82. The van der Waals surface area contributed by atoms with E-state index in [0.29, 0.717) is 30.3 Å². The summed E-state index contributed by atoms with van der Waals surface area (Å²) in [5, 5.41) is 2.73. The molecule has 7 heteroatoms. The van der Waals surface area contributed by atoms with E-state index in [1.807, 2.05) is 30.3 Å². The number of benzene rings is 2. The average Bonchev–Trinajstić information content (AvgIpc) is 2.66. The molecule has 0 radical (unpaired) electrons. The van der Waals surface area contributed by atoms with Crippen LogP contribution in [-0.4, -0.2) is 44.8 Å². The number of carbonyl (C=O) groups is 2. The van der Waals surface area contributed by atoms with Crippen LogP contribution in [0, 0.1) is 0 Å². The van der Waals surface area contributed by atoms with E-state index in [0.717, 1.165) is 5.75 Å². The summed E-state index contributed by atoms with van der Waals surface area (Å²) in [6.07, 6.45) is -0.612. The predicted molar refractivity (Wildman–Crippen MR) is 101 cm³/mol. The van der Waals surface area contributed by atoms with Crippen LogP contribution in [0.3, 0.4) is 0 Å². The number of hydrogen-bond acceptors (Lipinski definition) is 5. The fourth-order valence-corrected chi connectivity index (χ4v) is 2.82. The van der Waals surface area contributed by atoms with Gasteiger partial charge in [-0.05, 0) is 31.2 Å². The zero-order valence-electron chi connectivity index (χ0n) is 15.3. The molecule has 1 unspecified atom stereocenters. The van der Waals surface area contributed by atoms with Gasteiger partial charge in [-0.3, -0.25) is 9.59 Å². The summed E-state index contributed by atoms with van der Waals surface area (Å²) < 4.78 is 16.2. The highest BCUT2D eigenvalue weighted by Gasteiger charge is 2.31. The van der Waals surface area contributed by atoms with E-state index in [1.54, 1.807) is 30.0 Å². The first-order chi connectivity index (χ1) is 13.1. The topological polar surface area (TPSA) is 77.1 Å². The smallest absolute Gasteiger partial charge is 0.267 e. The second kappa shape index (κ2) is 8.55. The Hall–Kier alpha value is -3.06. The number of carbonyl (C=O) groups excluding carboxylic acids is 2. The largest absolute Gasteiger partial charge is 0.492 e. The first-order valence-corrected chi connectivity index (χ1v) is 8.67. The second-order valence-electron chi connectivity index (χ2n) is 6.08. The highest BCUT2D eigenvalue weighted by molar-refractivity contribution is 6.00. The summed E-state index contributed by atoms with van der Waals surface area (Å²) in [7, 11) is 1.46. The van der Waals surface area contributed by atoms with Crippen LogP contribution in [0.2, 0.25) is 0 Å². The van der Waals surface area contributed by atoms with Gasteiger partial charge in [-0.25, -0.2) is 0 Å². The van der Waals surface area contributed by atoms with Crippen molar-refractivity contribution in [3.05, 3.63) is 48.5 Å². The summed E-state index contributed by atoms with van der Waals surface area (Å²) in [6, 6.07) is 14.6. The number of para-hydroxylation sites is 1. The van der Waals surface area contributed by atoms with Crippen LogP contribution in [0.1, 0.15) is 6.92 Å². The van der Waals surface area contributed by atoms with Gasteiger partial charge in [-0.15, -0.1) is 0 Å². The normalized spacial score (nSPS) is 15.7. The van der Waals surface area contributed by atoms with Gasteiger partial charge in [0.25, 0.3) is 5.91 Å². The number of anilines is 2. The van der Waals surface area contributed by atoms with Crippen LogP contribution in [0.25, 0.3) is 0 Å². The first kappa shape index (κ1) is 18.7. The summed E-state index contributed by atoms with van der Waals surface area (Å²) in [6.45, 7) is 2.42. The maximum atomic E-state index is 12.5. The molecule has 0 saturated heterocycles. The first-order valence-electron chi connectivity index (χ1n) is 8.67. The van der Waals surface area contributed by atoms with Crippen LogP contribution in [-0.2, 0) is 14.3 Å². The van der Waals surface area contributed by atoms with Gasteiger partial charge in [-0.1, -0.05) is 18.2 Å². The Labute approximate surface area is 157 Å². The summed E-state index contributed by atoms with van der Waals surface area (Å²) in [4.78, 5) is 25.9. The fraction of sp³-hybridized carbons (Fsp3) is 0.300. The van der Waals surface area contributed by atoms with Crippen LogP contribution in [0.4, 0.5) is 11.4 Å². The van der Waals surface area contributed by atoms with E-state index in [-0.39, 0.29) is 18.4 Å². The Morgan fingerprint density at radius 2 is 2.00 bits per heavy atom. The minimum Gasteiger partial charge on any atom is -0.492 e. The Morgan fingerprint density at radius 1 is 1.22 bits per heavy atom. The van der Waals surface area contributed by atoms with Gasteiger partial charge >= 0.3 is 0 Å². The third-order valence-electron chi connectivity index (χ3n) is 4.05. The number of hydrogen-bond donors (Lipinski definition) is 1. The molecule has 142 valence electrons. The molecule has 0 spiro atoms. The van der Waals surface area contributed by atoms with Crippen molar-refractivity contribution in [2.45, 2.75) is 13.0 Å². The molecule has 0 saturated carbocycles. The van der Waals surface area contributed by atoms with E-state index in [1.165, 1.54) is 7.11 Å². The van der Waals surface area contributed by atoms with Crippen molar-refractivity contribution < 1.29 is 23.8 Å². The van der Waals surface area contributed by atoms with E-state index in [2.05, 4.69) is 5.32 Å². The summed E-state index contributed by atoms with van der Waals surface area (Å²) in [5.74, 6) is 0.903. The lowest BCUT2D eigenvalue weighted by Gasteiger charge is -2.33. The van der Waals surface area contributed by atoms with Crippen LogP contribution in [0.15, 0.2) is 48.5 Å². The van der Waals surface area contributed by atoms with Crippen molar-refractivity contribution in [3.8, 4) is 11.5 Å². The molecule has 1 atom stereocenters. The van der Waals surface area contributed by atoms with E-state index >= 15 is 0 Å². The minimum absolute atomic E-state index is 0.0320. The number of methoxy groups -OCH3 is 1. The molecule has 3 rings (SSSR count). The van der Waals surface area contributed by atoms with Crippen molar-refractivity contribution in [2.75, 3.05) is 37.1 Å². The molecule has 1 N–H and O–H groups in total. The molecule has 0 fully saturated rings. The van der Waals surface area contributed by atoms with Gasteiger partial charge in [0.15, 0.2) is 6.10 Å². The van der Waals surface area contributed by atoms with E-state index in [4.69, 9.17) is 14.2 Å². The standard InChI is InChI=1S/C20H22N2O5/c1-14-20(24)22(10-11-26-16-6-4-3-5-7-16)17-9-8-15(12-18(17)27-14)21-19(23)13-25-2/h3-9,12,14H,10-11,13H2,1-2H3,(H,21,23). The molecule has 0 aromatic heterocycles. The van der Waals surface area contributed by atoms with E-state index in [9.17, 15) is 9.59 Å². The molecule has 27 heavy (non-hydrogen) atoms. The molecule has 2 aromatic carbocycles. The lowest BCUT2D eigenvalue weighted by atomic mass is 10.1. The molecule has 0 bridgehead atoms. The van der Waals surface area contributed by atoms with Gasteiger partial charge in [0.1, 0.15) is 24.7 Å². The van der Waals surface area contributed by atoms with Gasteiger partial charge in [0.2, 0.25) is 5.91 Å². The SMILES string of the molecule is COCC(=O)Nc1ccc2c(c1)OC(C)C(=O)N2CCOc1ccccc1. The number of ether oxygens (including phenoxy) is 3. The molecular formula is C20H22N2O5. The van der Waals surface area contributed by atoms with Gasteiger partial charge in [-0.2, -0.15) is 0 Å². The highest BCUT2D eigenvalue weighted by atomic mass is 16.5. The van der Waals surface area contributed by atoms with Gasteiger partial charge in [0, 0.05) is 18.9 Å². The van der Waals surface area contributed by atoms with Crippen LogP contribution < -0.4 is 19.7 Å². The number of fused-ring (bicyclic) bond motifs is 1.